The maximum Gasteiger partial charge on any atom is 0.124 e. The van der Waals surface area contributed by atoms with Gasteiger partial charge in [-0.05, 0) is 24.5 Å². The van der Waals surface area contributed by atoms with Gasteiger partial charge in [-0.15, -0.1) is 0 Å². The van der Waals surface area contributed by atoms with Crippen LogP contribution in [0, 0.1) is 0 Å². The lowest BCUT2D eigenvalue weighted by Crippen LogP contribution is -2.38. The van der Waals surface area contributed by atoms with E-state index in [1.165, 1.54) is 5.56 Å². The van der Waals surface area contributed by atoms with Crippen LogP contribution >= 0.6 is 0 Å². The molecule has 3 rings (SSSR count). The Morgan fingerprint density at radius 1 is 1.05 bits per heavy atom. The van der Waals surface area contributed by atoms with E-state index >= 15 is 0 Å². The first kappa shape index (κ1) is 14.1. The van der Waals surface area contributed by atoms with Gasteiger partial charge in [0, 0.05) is 12.2 Å². The van der Waals surface area contributed by atoms with Gasteiger partial charge in [-0.3, -0.25) is 0 Å². The van der Waals surface area contributed by atoms with E-state index in [0.717, 1.165) is 24.2 Å². The van der Waals surface area contributed by atoms with Gasteiger partial charge in [-0.2, -0.15) is 0 Å². The molecule has 1 aliphatic rings. The first-order valence-corrected chi connectivity index (χ1v) is 7.47. The minimum atomic E-state index is -0.105. The number of benzene rings is 2. The number of aryl methyl sites for hydroxylation is 1. The maximum atomic E-state index is 6.28. The van der Waals surface area contributed by atoms with Gasteiger partial charge in [-0.25, -0.2) is 0 Å². The van der Waals surface area contributed by atoms with Crippen LogP contribution in [0.5, 0.6) is 5.75 Å². The summed E-state index contributed by atoms with van der Waals surface area (Å²) in [6, 6.07) is 18.3. The number of nitrogens with two attached hydrogens (primary N) is 1. The first-order chi connectivity index (χ1) is 10.3. The molecule has 1 heterocycles. The molecule has 0 spiro atoms. The van der Waals surface area contributed by atoms with Crippen LogP contribution < -0.4 is 10.5 Å². The van der Waals surface area contributed by atoms with Crippen LogP contribution in [-0.2, 0) is 11.2 Å². The smallest absolute Gasteiger partial charge is 0.124 e. The average molecular weight is 283 g/mol. The summed E-state index contributed by atoms with van der Waals surface area (Å²) >= 11 is 0. The third kappa shape index (κ3) is 3.43. The summed E-state index contributed by atoms with van der Waals surface area (Å²) < 4.78 is 11.6. The van der Waals surface area contributed by atoms with Gasteiger partial charge >= 0.3 is 0 Å². The highest BCUT2D eigenvalue weighted by Crippen LogP contribution is 2.31. The van der Waals surface area contributed by atoms with Crippen molar-refractivity contribution in [1.29, 1.82) is 0 Å². The number of fused-ring (bicyclic) bond motifs is 1. The van der Waals surface area contributed by atoms with Gasteiger partial charge in [0.15, 0.2) is 0 Å². The number of rotatable bonds is 5. The number of ether oxygens (including phenoxy) is 2. The molecule has 0 radical (unpaired) electrons. The SMILES string of the molecule is NC1c2ccccc2OCC1OCCCc1ccccc1. The highest BCUT2D eigenvalue weighted by atomic mass is 16.5. The van der Waals surface area contributed by atoms with E-state index in [1.807, 2.05) is 30.3 Å². The second kappa shape index (κ2) is 6.74. The lowest BCUT2D eigenvalue weighted by Gasteiger charge is -2.31. The van der Waals surface area contributed by atoms with Crippen LogP contribution in [0.1, 0.15) is 23.6 Å². The summed E-state index contributed by atoms with van der Waals surface area (Å²) in [5.74, 6) is 0.883. The minimum absolute atomic E-state index is 0.0596. The second-order valence-corrected chi connectivity index (χ2v) is 5.37. The van der Waals surface area contributed by atoms with E-state index in [-0.39, 0.29) is 12.1 Å². The summed E-state index contributed by atoms with van der Waals surface area (Å²) in [7, 11) is 0. The van der Waals surface area contributed by atoms with Crippen molar-refractivity contribution in [3.8, 4) is 5.75 Å². The van der Waals surface area contributed by atoms with Crippen LogP contribution in [0.15, 0.2) is 54.6 Å². The van der Waals surface area contributed by atoms with E-state index in [1.54, 1.807) is 0 Å². The van der Waals surface area contributed by atoms with Crippen molar-refractivity contribution in [2.75, 3.05) is 13.2 Å². The average Bonchev–Trinajstić information content (AvgIpc) is 2.55. The quantitative estimate of drug-likeness (QED) is 0.858. The molecule has 2 aromatic carbocycles. The third-order valence-electron chi connectivity index (χ3n) is 3.87. The Hall–Kier alpha value is -1.84. The highest BCUT2D eigenvalue weighted by Gasteiger charge is 2.28. The molecule has 0 saturated carbocycles. The summed E-state index contributed by atoms with van der Waals surface area (Å²) in [4.78, 5) is 0. The molecule has 3 heteroatoms. The first-order valence-electron chi connectivity index (χ1n) is 7.47. The van der Waals surface area contributed by atoms with Gasteiger partial charge in [0.2, 0.25) is 0 Å². The van der Waals surface area contributed by atoms with E-state index in [0.29, 0.717) is 13.2 Å². The van der Waals surface area contributed by atoms with Crippen LogP contribution in [0.3, 0.4) is 0 Å². The predicted octanol–water partition coefficient (Wildman–Crippen LogP) is 3.10. The Bertz CT molecular complexity index is 570. The van der Waals surface area contributed by atoms with Crippen molar-refractivity contribution in [3.05, 3.63) is 65.7 Å². The van der Waals surface area contributed by atoms with Crippen molar-refractivity contribution < 1.29 is 9.47 Å². The molecule has 0 aromatic heterocycles. The number of para-hydroxylation sites is 1. The van der Waals surface area contributed by atoms with Crippen LogP contribution in [0.25, 0.3) is 0 Å². The fourth-order valence-electron chi connectivity index (χ4n) is 2.67. The summed E-state index contributed by atoms with van der Waals surface area (Å²) in [6.07, 6.45) is 1.96. The summed E-state index contributed by atoms with van der Waals surface area (Å²) in [6.45, 7) is 1.24. The molecule has 2 unspecified atom stereocenters. The molecule has 110 valence electrons. The molecule has 3 nitrogen and oxygen atoms in total. The maximum absolute atomic E-state index is 6.28. The van der Waals surface area contributed by atoms with E-state index in [2.05, 4.69) is 24.3 Å². The zero-order chi connectivity index (χ0) is 14.5. The predicted molar refractivity (Wildman–Crippen MR) is 83.4 cm³/mol. The van der Waals surface area contributed by atoms with Crippen molar-refractivity contribution in [2.24, 2.45) is 5.73 Å². The van der Waals surface area contributed by atoms with Crippen LogP contribution in [-0.4, -0.2) is 19.3 Å². The lowest BCUT2D eigenvalue weighted by molar-refractivity contribution is -0.00757. The highest BCUT2D eigenvalue weighted by molar-refractivity contribution is 5.38. The second-order valence-electron chi connectivity index (χ2n) is 5.37. The molecule has 2 N–H and O–H groups in total. The Morgan fingerprint density at radius 2 is 1.81 bits per heavy atom. The van der Waals surface area contributed by atoms with Crippen LogP contribution in [0.4, 0.5) is 0 Å². The molecule has 21 heavy (non-hydrogen) atoms. The van der Waals surface area contributed by atoms with Gasteiger partial charge in [0.25, 0.3) is 0 Å². The number of hydrogen-bond donors (Lipinski definition) is 1. The molecule has 0 saturated heterocycles. The van der Waals surface area contributed by atoms with Gasteiger partial charge in [0.1, 0.15) is 18.5 Å². The summed E-state index contributed by atoms with van der Waals surface area (Å²) in [5, 5.41) is 0. The van der Waals surface area contributed by atoms with Crippen LogP contribution in [0.2, 0.25) is 0 Å². The zero-order valence-electron chi connectivity index (χ0n) is 12.1. The van der Waals surface area contributed by atoms with E-state index in [9.17, 15) is 0 Å². The Balaban J connectivity index is 1.48. The lowest BCUT2D eigenvalue weighted by atomic mass is 9.99. The van der Waals surface area contributed by atoms with Crippen molar-refractivity contribution in [3.63, 3.8) is 0 Å². The van der Waals surface area contributed by atoms with Gasteiger partial charge < -0.3 is 15.2 Å². The van der Waals surface area contributed by atoms with E-state index in [4.69, 9.17) is 15.2 Å². The fourth-order valence-corrected chi connectivity index (χ4v) is 2.67. The standard InChI is InChI=1S/C18H21NO2/c19-18-15-10-4-5-11-16(15)21-13-17(18)20-12-6-9-14-7-2-1-3-8-14/h1-5,7-8,10-11,17-18H,6,9,12-13,19H2. The topological polar surface area (TPSA) is 44.5 Å². The van der Waals surface area contributed by atoms with Gasteiger partial charge in [0.05, 0.1) is 6.04 Å². The third-order valence-corrected chi connectivity index (χ3v) is 3.87. The molecule has 0 fully saturated rings. The monoisotopic (exact) mass is 283 g/mol. The van der Waals surface area contributed by atoms with Crippen molar-refractivity contribution in [1.82, 2.24) is 0 Å². The molecule has 0 bridgehead atoms. The fraction of sp³-hybridized carbons (Fsp3) is 0.333. The zero-order valence-corrected chi connectivity index (χ0v) is 12.1. The molecule has 2 aromatic rings. The van der Waals surface area contributed by atoms with Gasteiger partial charge in [-0.1, -0.05) is 48.5 Å². The minimum Gasteiger partial charge on any atom is -0.490 e. The largest absolute Gasteiger partial charge is 0.490 e. The van der Waals surface area contributed by atoms with Crippen molar-refractivity contribution in [2.45, 2.75) is 25.0 Å². The molecule has 0 aliphatic carbocycles. The molecular formula is C18H21NO2. The molecule has 2 atom stereocenters. The Kier molecular flexibility index (Phi) is 4.53. The summed E-state index contributed by atoms with van der Waals surface area (Å²) in [5.41, 5.74) is 8.66. The van der Waals surface area contributed by atoms with E-state index < -0.39 is 0 Å². The Labute approximate surface area is 125 Å². The normalized spacial score (nSPS) is 20.6. The molecule has 0 amide bonds. The number of hydrogen-bond acceptors (Lipinski definition) is 3. The Morgan fingerprint density at radius 3 is 2.67 bits per heavy atom. The van der Waals surface area contributed by atoms with Crippen molar-refractivity contribution >= 4 is 0 Å². The molecule has 1 aliphatic heterocycles. The molecular weight excluding hydrogens is 262 g/mol.